The summed E-state index contributed by atoms with van der Waals surface area (Å²) in [4.78, 5) is 21.7. The fraction of sp³-hybridized carbons (Fsp3) is 0.467. The van der Waals surface area contributed by atoms with Gasteiger partial charge in [-0.1, -0.05) is 24.3 Å². The zero-order valence-corrected chi connectivity index (χ0v) is 12.0. The molecule has 6 nitrogen and oxygen atoms in total. The Bertz CT molecular complexity index is 472. The number of carbonyl (C=O) groups excluding carboxylic acids is 1. The third-order valence-electron chi connectivity index (χ3n) is 3.06. The van der Waals surface area contributed by atoms with Crippen LogP contribution in [0.15, 0.2) is 29.4 Å². The smallest absolute Gasteiger partial charge is 0.305 e. The number of hydrogen-bond donors (Lipinski definition) is 3. The van der Waals surface area contributed by atoms with Gasteiger partial charge in [0.05, 0.1) is 13.0 Å². The van der Waals surface area contributed by atoms with Crippen LogP contribution in [0.3, 0.4) is 0 Å². The van der Waals surface area contributed by atoms with Crippen LogP contribution in [-0.2, 0) is 22.6 Å². The fourth-order valence-corrected chi connectivity index (χ4v) is 1.91. The van der Waals surface area contributed by atoms with Crippen LogP contribution in [-0.4, -0.2) is 23.5 Å². The molecule has 0 saturated carbocycles. The molecule has 0 bridgehead atoms. The maximum absolute atomic E-state index is 11.4. The number of carboxylic acid groups (broad SMARTS) is 1. The zero-order valence-electron chi connectivity index (χ0n) is 12.0. The number of benzene rings is 1. The van der Waals surface area contributed by atoms with Gasteiger partial charge in [-0.05, 0) is 30.4 Å². The van der Waals surface area contributed by atoms with Crippen molar-refractivity contribution < 1.29 is 14.7 Å². The number of carbonyl (C=O) groups is 2. The first-order valence-corrected chi connectivity index (χ1v) is 7.01. The number of aryl methyl sites for hydroxylation is 1. The molecule has 0 heterocycles. The summed E-state index contributed by atoms with van der Waals surface area (Å²) in [6.07, 6.45) is 2.98. The molecule has 0 aliphatic carbocycles. The molecule has 3 N–H and O–H groups in total. The third-order valence-corrected chi connectivity index (χ3v) is 3.06. The van der Waals surface area contributed by atoms with Crippen LogP contribution in [0, 0.1) is 5.53 Å². The molecule has 114 valence electrons. The largest absolute Gasteiger partial charge is 0.481 e. The van der Waals surface area contributed by atoms with Gasteiger partial charge in [0.1, 0.15) is 0 Å². The van der Waals surface area contributed by atoms with Crippen molar-refractivity contribution in [2.75, 3.05) is 6.54 Å². The topological polar surface area (TPSA) is 103 Å². The lowest BCUT2D eigenvalue weighted by atomic mass is 10.1. The van der Waals surface area contributed by atoms with Gasteiger partial charge in [-0.25, -0.2) is 5.53 Å². The summed E-state index contributed by atoms with van der Waals surface area (Å²) in [5.41, 5.74) is 9.02. The van der Waals surface area contributed by atoms with E-state index in [0.717, 1.165) is 24.8 Å². The van der Waals surface area contributed by atoms with E-state index in [1.54, 1.807) is 0 Å². The summed E-state index contributed by atoms with van der Waals surface area (Å²) >= 11 is 0. The fourth-order valence-electron chi connectivity index (χ4n) is 1.91. The van der Waals surface area contributed by atoms with Gasteiger partial charge in [0, 0.05) is 13.0 Å². The van der Waals surface area contributed by atoms with E-state index in [0.29, 0.717) is 13.0 Å². The monoisotopic (exact) mass is 291 g/mol. The third kappa shape index (κ3) is 7.81. The minimum atomic E-state index is -0.906. The van der Waals surface area contributed by atoms with E-state index in [4.69, 9.17) is 10.6 Å². The lowest BCUT2D eigenvalue weighted by Gasteiger charge is -2.04. The molecule has 1 rings (SSSR count). The van der Waals surface area contributed by atoms with E-state index < -0.39 is 5.97 Å². The summed E-state index contributed by atoms with van der Waals surface area (Å²) in [5.74, 6) is -0.999. The normalized spacial score (nSPS) is 10.1. The first-order valence-electron chi connectivity index (χ1n) is 7.01. The molecule has 1 amide bonds. The maximum atomic E-state index is 11.4. The highest BCUT2D eigenvalue weighted by Crippen LogP contribution is 2.09. The number of amides is 1. The molecule has 0 spiro atoms. The Hall–Kier alpha value is -2.24. The van der Waals surface area contributed by atoms with E-state index in [1.165, 1.54) is 5.56 Å². The first-order chi connectivity index (χ1) is 10.1. The number of aliphatic carboxylic acids is 1. The highest BCUT2D eigenvalue weighted by Gasteiger charge is 2.03. The van der Waals surface area contributed by atoms with E-state index in [-0.39, 0.29) is 18.9 Å². The quantitative estimate of drug-likeness (QED) is 0.456. The summed E-state index contributed by atoms with van der Waals surface area (Å²) in [7, 11) is 0. The average molecular weight is 291 g/mol. The number of nitrogens with one attached hydrogen (secondary N) is 2. The molecule has 0 aliphatic heterocycles. The van der Waals surface area contributed by atoms with Crippen molar-refractivity contribution >= 4 is 11.9 Å². The Balaban J connectivity index is 2.14. The number of unbranched alkanes of at least 4 members (excludes halogenated alkanes) is 1. The molecule has 0 saturated heterocycles. The lowest BCUT2D eigenvalue weighted by Crippen LogP contribution is -2.25. The molecule has 21 heavy (non-hydrogen) atoms. The Morgan fingerprint density at radius 1 is 1.10 bits per heavy atom. The second-order valence-corrected chi connectivity index (χ2v) is 4.83. The lowest BCUT2D eigenvalue weighted by molar-refractivity contribution is -0.136. The minimum absolute atomic E-state index is 0.0390. The van der Waals surface area contributed by atoms with Crippen molar-refractivity contribution in [2.45, 2.75) is 38.6 Å². The molecule has 1 aromatic carbocycles. The van der Waals surface area contributed by atoms with Crippen LogP contribution < -0.4 is 5.32 Å². The summed E-state index contributed by atoms with van der Waals surface area (Å²) < 4.78 is 0. The predicted octanol–water partition coefficient (Wildman–Crippen LogP) is 2.52. The van der Waals surface area contributed by atoms with Gasteiger partial charge in [-0.2, -0.15) is 5.11 Å². The number of rotatable bonds is 10. The minimum Gasteiger partial charge on any atom is -0.481 e. The van der Waals surface area contributed by atoms with Crippen molar-refractivity contribution in [3.63, 3.8) is 0 Å². The molecule has 0 radical (unpaired) electrons. The van der Waals surface area contributed by atoms with E-state index in [9.17, 15) is 9.59 Å². The average Bonchev–Trinajstić information content (AvgIpc) is 2.45. The SMILES string of the molecule is N=NCc1ccc(CCCCC(=O)NCCC(=O)O)cc1. The molecule has 0 aliphatic rings. The van der Waals surface area contributed by atoms with Crippen LogP contribution >= 0.6 is 0 Å². The van der Waals surface area contributed by atoms with E-state index in [2.05, 4.69) is 10.4 Å². The zero-order chi connectivity index (χ0) is 15.5. The van der Waals surface area contributed by atoms with Crippen LogP contribution in [0.4, 0.5) is 0 Å². The molecule has 0 aromatic heterocycles. The Morgan fingerprint density at radius 3 is 2.38 bits per heavy atom. The van der Waals surface area contributed by atoms with Crippen LogP contribution in [0.1, 0.15) is 36.8 Å². The van der Waals surface area contributed by atoms with Gasteiger partial charge >= 0.3 is 5.97 Å². The number of nitrogens with zero attached hydrogens (tertiary/aromatic N) is 1. The predicted molar refractivity (Wildman–Crippen MR) is 78.1 cm³/mol. The molecule has 0 unspecified atom stereocenters. The van der Waals surface area contributed by atoms with Crippen LogP contribution in [0.5, 0.6) is 0 Å². The molecule has 0 atom stereocenters. The highest BCUT2D eigenvalue weighted by atomic mass is 16.4. The number of hydrogen-bond acceptors (Lipinski definition) is 4. The van der Waals surface area contributed by atoms with Crippen molar-refractivity contribution in [1.82, 2.24) is 5.32 Å². The first kappa shape index (κ1) is 16.8. The Labute approximate surface area is 124 Å². The van der Waals surface area contributed by atoms with Crippen LogP contribution in [0.2, 0.25) is 0 Å². The number of carboxylic acids is 1. The standard InChI is InChI=1S/C15H21N3O3/c16-18-11-13-7-5-12(6-8-13)3-1-2-4-14(19)17-10-9-15(20)21/h5-8,16H,1-4,9-11H2,(H,17,19)(H,20,21). The van der Waals surface area contributed by atoms with Crippen molar-refractivity contribution in [1.29, 1.82) is 5.53 Å². The van der Waals surface area contributed by atoms with Gasteiger partial charge in [-0.3, -0.25) is 9.59 Å². The second kappa shape index (κ2) is 9.63. The Morgan fingerprint density at radius 2 is 1.76 bits per heavy atom. The molecular weight excluding hydrogens is 270 g/mol. The van der Waals surface area contributed by atoms with Gasteiger partial charge < -0.3 is 10.4 Å². The van der Waals surface area contributed by atoms with Gasteiger partial charge in [0.25, 0.3) is 0 Å². The van der Waals surface area contributed by atoms with Gasteiger partial charge in [-0.15, -0.1) is 0 Å². The molecular formula is C15H21N3O3. The van der Waals surface area contributed by atoms with E-state index >= 15 is 0 Å². The summed E-state index contributed by atoms with van der Waals surface area (Å²) in [6.45, 7) is 0.605. The highest BCUT2D eigenvalue weighted by molar-refractivity contribution is 5.76. The van der Waals surface area contributed by atoms with Crippen molar-refractivity contribution in [3.05, 3.63) is 35.4 Å². The van der Waals surface area contributed by atoms with Gasteiger partial charge in [0.2, 0.25) is 5.91 Å². The molecule has 0 fully saturated rings. The van der Waals surface area contributed by atoms with Crippen LogP contribution in [0.25, 0.3) is 0 Å². The summed E-state index contributed by atoms with van der Waals surface area (Å²) in [6, 6.07) is 7.97. The van der Waals surface area contributed by atoms with Gasteiger partial charge in [0.15, 0.2) is 0 Å². The van der Waals surface area contributed by atoms with Crippen molar-refractivity contribution in [2.24, 2.45) is 5.11 Å². The Kier molecular flexibility index (Phi) is 7.71. The maximum Gasteiger partial charge on any atom is 0.305 e. The molecule has 6 heteroatoms. The van der Waals surface area contributed by atoms with Crippen molar-refractivity contribution in [3.8, 4) is 0 Å². The second-order valence-electron chi connectivity index (χ2n) is 4.83. The summed E-state index contributed by atoms with van der Waals surface area (Å²) in [5, 5.41) is 14.4. The molecule has 1 aromatic rings. The van der Waals surface area contributed by atoms with E-state index in [1.807, 2.05) is 24.3 Å².